The van der Waals surface area contributed by atoms with Crippen molar-refractivity contribution in [2.75, 3.05) is 0 Å². The van der Waals surface area contributed by atoms with E-state index < -0.39 is 23.8 Å². The Labute approximate surface area is 129 Å². The van der Waals surface area contributed by atoms with E-state index in [-0.39, 0.29) is 5.76 Å². The van der Waals surface area contributed by atoms with E-state index in [0.717, 1.165) is 5.56 Å². The summed E-state index contributed by atoms with van der Waals surface area (Å²) in [7, 11) is 0. The average Bonchev–Trinajstić information content (AvgIpc) is 3.01. The van der Waals surface area contributed by atoms with E-state index >= 15 is 0 Å². The molecular weight excluding hydrogens is 282 g/mol. The summed E-state index contributed by atoms with van der Waals surface area (Å²) in [6.45, 7) is 3.50. The zero-order chi connectivity index (χ0) is 16.1. The minimum absolute atomic E-state index is 0.190. The fraction of sp³-hybridized carbons (Fsp3) is 0.294. The maximum absolute atomic E-state index is 12.3. The highest BCUT2D eigenvalue weighted by Gasteiger charge is 2.27. The maximum Gasteiger partial charge on any atom is 0.308 e. The van der Waals surface area contributed by atoms with Gasteiger partial charge in [-0.15, -0.1) is 0 Å². The number of amides is 1. The van der Waals surface area contributed by atoms with Gasteiger partial charge in [0.15, 0.2) is 5.76 Å². The smallest absolute Gasteiger partial charge is 0.308 e. The summed E-state index contributed by atoms with van der Waals surface area (Å²) < 4.78 is 5.41. The van der Waals surface area contributed by atoms with E-state index in [4.69, 9.17) is 4.42 Å². The monoisotopic (exact) mass is 301 g/mol. The molecule has 0 fully saturated rings. The molecule has 0 aliphatic heterocycles. The lowest BCUT2D eigenvalue weighted by Gasteiger charge is -2.22. The van der Waals surface area contributed by atoms with Crippen LogP contribution in [0.25, 0.3) is 0 Å². The minimum atomic E-state index is -0.970. The highest BCUT2D eigenvalue weighted by Crippen LogP contribution is 2.23. The molecule has 0 aliphatic carbocycles. The van der Waals surface area contributed by atoms with Gasteiger partial charge in [0.05, 0.1) is 12.0 Å². The molecule has 5 heteroatoms. The Kier molecular flexibility index (Phi) is 4.99. The summed E-state index contributed by atoms with van der Waals surface area (Å²) in [6.07, 6.45) is 0.695. The number of aryl methyl sites for hydroxylation is 1. The van der Waals surface area contributed by atoms with E-state index in [9.17, 15) is 14.7 Å². The zero-order valence-corrected chi connectivity index (χ0v) is 12.6. The van der Waals surface area contributed by atoms with Crippen LogP contribution in [0, 0.1) is 5.92 Å². The topological polar surface area (TPSA) is 79.5 Å². The van der Waals surface area contributed by atoms with Gasteiger partial charge in [-0.1, -0.05) is 37.3 Å². The van der Waals surface area contributed by atoms with Gasteiger partial charge in [-0.2, -0.15) is 0 Å². The highest BCUT2D eigenvalue weighted by molar-refractivity contribution is 5.92. The van der Waals surface area contributed by atoms with Gasteiger partial charge in [-0.25, -0.2) is 0 Å². The number of rotatable bonds is 6. The van der Waals surface area contributed by atoms with Gasteiger partial charge >= 0.3 is 5.97 Å². The summed E-state index contributed by atoms with van der Waals surface area (Å²) in [5.41, 5.74) is 0.744. The molecule has 116 valence electrons. The van der Waals surface area contributed by atoms with Crippen LogP contribution >= 0.6 is 0 Å². The van der Waals surface area contributed by atoms with Crippen molar-refractivity contribution in [3.63, 3.8) is 0 Å². The van der Waals surface area contributed by atoms with Crippen molar-refractivity contribution >= 4 is 11.9 Å². The Morgan fingerprint density at radius 1 is 1.18 bits per heavy atom. The number of aliphatic carboxylic acids is 1. The first-order valence-electron chi connectivity index (χ1n) is 7.20. The molecule has 0 saturated carbocycles. The highest BCUT2D eigenvalue weighted by atomic mass is 16.4. The molecule has 2 aromatic rings. The van der Waals surface area contributed by atoms with Gasteiger partial charge in [0.1, 0.15) is 5.76 Å². The summed E-state index contributed by atoms with van der Waals surface area (Å²) in [6, 6.07) is 11.8. The van der Waals surface area contributed by atoms with Gasteiger partial charge in [0.25, 0.3) is 5.91 Å². The minimum Gasteiger partial charge on any atom is -0.481 e. The van der Waals surface area contributed by atoms with Crippen LogP contribution in [0.3, 0.4) is 0 Å². The number of carboxylic acids is 1. The molecule has 0 bridgehead atoms. The fourth-order valence-corrected chi connectivity index (χ4v) is 2.20. The first-order chi connectivity index (χ1) is 10.5. The summed E-state index contributed by atoms with van der Waals surface area (Å²) in [5.74, 6) is -1.24. The van der Waals surface area contributed by atoms with Crippen LogP contribution in [0.1, 0.15) is 41.8 Å². The van der Waals surface area contributed by atoms with Crippen molar-refractivity contribution in [1.29, 1.82) is 0 Å². The molecule has 0 aliphatic rings. The van der Waals surface area contributed by atoms with Crippen molar-refractivity contribution in [2.24, 2.45) is 5.92 Å². The SMILES string of the molecule is CCc1ccc(C(=O)NC(c2ccccc2)C(C)C(=O)O)o1. The second-order valence-corrected chi connectivity index (χ2v) is 5.11. The lowest BCUT2D eigenvalue weighted by Crippen LogP contribution is -2.35. The number of carbonyl (C=O) groups excluding carboxylic acids is 1. The lowest BCUT2D eigenvalue weighted by atomic mass is 9.94. The third-order valence-electron chi connectivity index (χ3n) is 3.57. The number of carbonyl (C=O) groups is 2. The molecule has 2 N–H and O–H groups in total. The van der Waals surface area contributed by atoms with Crippen LogP contribution < -0.4 is 5.32 Å². The van der Waals surface area contributed by atoms with Crippen LogP contribution in [0.15, 0.2) is 46.9 Å². The van der Waals surface area contributed by atoms with Crippen molar-refractivity contribution in [3.05, 3.63) is 59.5 Å². The molecule has 1 heterocycles. The lowest BCUT2D eigenvalue weighted by molar-refractivity contribution is -0.142. The van der Waals surface area contributed by atoms with Gasteiger partial charge in [0.2, 0.25) is 0 Å². The molecule has 0 radical (unpaired) electrons. The van der Waals surface area contributed by atoms with E-state index in [1.807, 2.05) is 25.1 Å². The van der Waals surface area contributed by atoms with Gasteiger partial charge in [-0.05, 0) is 24.6 Å². The second kappa shape index (κ2) is 6.93. The Balaban J connectivity index is 2.22. The molecule has 0 spiro atoms. The van der Waals surface area contributed by atoms with E-state index in [1.54, 1.807) is 31.2 Å². The molecule has 1 amide bonds. The summed E-state index contributed by atoms with van der Waals surface area (Å²) >= 11 is 0. The Hall–Kier alpha value is -2.56. The fourth-order valence-electron chi connectivity index (χ4n) is 2.20. The van der Waals surface area contributed by atoms with E-state index in [2.05, 4.69) is 5.32 Å². The van der Waals surface area contributed by atoms with Crippen LogP contribution in [-0.2, 0) is 11.2 Å². The molecule has 2 rings (SSSR count). The average molecular weight is 301 g/mol. The molecule has 1 aromatic heterocycles. The molecule has 2 unspecified atom stereocenters. The largest absolute Gasteiger partial charge is 0.481 e. The first kappa shape index (κ1) is 15.8. The molecule has 5 nitrogen and oxygen atoms in total. The Bertz CT molecular complexity index is 648. The van der Waals surface area contributed by atoms with Crippen LogP contribution in [0.5, 0.6) is 0 Å². The Morgan fingerprint density at radius 3 is 2.41 bits per heavy atom. The maximum atomic E-state index is 12.3. The summed E-state index contributed by atoms with van der Waals surface area (Å²) in [4.78, 5) is 23.6. The molecule has 22 heavy (non-hydrogen) atoms. The predicted molar refractivity (Wildman–Crippen MR) is 81.5 cm³/mol. The molecular formula is C17H19NO4. The van der Waals surface area contributed by atoms with Crippen molar-refractivity contribution in [1.82, 2.24) is 5.32 Å². The number of benzene rings is 1. The Morgan fingerprint density at radius 2 is 1.86 bits per heavy atom. The molecule has 0 saturated heterocycles. The molecule has 1 aromatic carbocycles. The standard InChI is InChI=1S/C17H19NO4/c1-3-13-9-10-14(22-13)16(19)18-15(11(2)17(20)21)12-7-5-4-6-8-12/h4-11,15H,3H2,1-2H3,(H,18,19)(H,20,21). The number of furan rings is 1. The van der Waals surface area contributed by atoms with E-state index in [1.165, 1.54) is 0 Å². The third kappa shape index (κ3) is 3.55. The van der Waals surface area contributed by atoms with Crippen molar-refractivity contribution < 1.29 is 19.1 Å². The number of hydrogen-bond donors (Lipinski definition) is 2. The molecule has 2 atom stereocenters. The van der Waals surface area contributed by atoms with Crippen molar-refractivity contribution in [2.45, 2.75) is 26.3 Å². The predicted octanol–water partition coefficient (Wildman–Crippen LogP) is 3.03. The van der Waals surface area contributed by atoms with Gasteiger partial charge < -0.3 is 14.8 Å². The van der Waals surface area contributed by atoms with Crippen molar-refractivity contribution in [3.8, 4) is 0 Å². The zero-order valence-electron chi connectivity index (χ0n) is 12.6. The quantitative estimate of drug-likeness (QED) is 0.859. The normalized spacial score (nSPS) is 13.4. The van der Waals surface area contributed by atoms with Crippen LogP contribution in [0.2, 0.25) is 0 Å². The number of carboxylic acid groups (broad SMARTS) is 1. The van der Waals surface area contributed by atoms with Crippen LogP contribution in [0.4, 0.5) is 0 Å². The van der Waals surface area contributed by atoms with Gasteiger partial charge in [0, 0.05) is 6.42 Å². The number of nitrogens with one attached hydrogen (secondary N) is 1. The van der Waals surface area contributed by atoms with E-state index in [0.29, 0.717) is 12.2 Å². The third-order valence-corrected chi connectivity index (χ3v) is 3.57. The number of hydrogen-bond acceptors (Lipinski definition) is 3. The van der Waals surface area contributed by atoms with Crippen LogP contribution in [-0.4, -0.2) is 17.0 Å². The first-order valence-corrected chi connectivity index (χ1v) is 7.20. The second-order valence-electron chi connectivity index (χ2n) is 5.11. The van der Waals surface area contributed by atoms with Gasteiger partial charge in [-0.3, -0.25) is 9.59 Å². The summed E-state index contributed by atoms with van der Waals surface area (Å²) in [5, 5.41) is 12.0.